The van der Waals surface area contributed by atoms with Crippen LogP contribution in [0.5, 0.6) is 0 Å². The van der Waals surface area contributed by atoms with Gasteiger partial charge in [-0.2, -0.15) is 0 Å². The maximum Gasteiger partial charge on any atom is 0.411 e. The summed E-state index contributed by atoms with van der Waals surface area (Å²) in [5.74, 6) is -1.21. The van der Waals surface area contributed by atoms with Crippen LogP contribution >= 0.6 is 0 Å². The first kappa shape index (κ1) is 12.8. The Kier molecular flexibility index (Phi) is 3.42. The summed E-state index contributed by atoms with van der Waals surface area (Å²) in [5, 5.41) is 18.3. The largest absolute Gasteiger partial charge is 0.480 e. The summed E-state index contributed by atoms with van der Waals surface area (Å²) < 4.78 is 5.06. The molecule has 92 valence electrons. The predicted molar refractivity (Wildman–Crippen MR) is 55.0 cm³/mol. The zero-order chi connectivity index (χ0) is 12.5. The fourth-order valence-corrected chi connectivity index (χ4v) is 1.60. The van der Waals surface area contributed by atoms with Crippen LogP contribution in [-0.4, -0.2) is 51.5 Å². The lowest BCUT2D eigenvalue weighted by molar-refractivity contribution is -0.144. The second-order valence-electron chi connectivity index (χ2n) is 4.81. The van der Waals surface area contributed by atoms with E-state index in [0.29, 0.717) is 0 Å². The molecule has 0 radical (unpaired) electrons. The fraction of sp³-hybridized carbons (Fsp3) is 0.800. The van der Waals surface area contributed by atoms with Gasteiger partial charge in [0.1, 0.15) is 5.60 Å². The highest BCUT2D eigenvalue weighted by atomic mass is 16.6. The molecule has 0 saturated carbocycles. The Bertz CT molecular complexity index is 296. The molecule has 1 aliphatic heterocycles. The van der Waals surface area contributed by atoms with E-state index >= 15 is 0 Å². The summed E-state index contributed by atoms with van der Waals surface area (Å²) in [5.41, 5.74) is -0.673. The Hall–Kier alpha value is -1.30. The molecule has 2 atom stereocenters. The van der Waals surface area contributed by atoms with E-state index in [-0.39, 0.29) is 13.0 Å². The molecule has 1 rings (SSSR count). The minimum Gasteiger partial charge on any atom is -0.480 e. The van der Waals surface area contributed by atoms with Gasteiger partial charge in [-0.05, 0) is 27.2 Å². The van der Waals surface area contributed by atoms with E-state index in [2.05, 4.69) is 0 Å². The fourth-order valence-electron chi connectivity index (χ4n) is 1.60. The van der Waals surface area contributed by atoms with Crippen LogP contribution in [0.25, 0.3) is 0 Å². The summed E-state index contributed by atoms with van der Waals surface area (Å²) in [4.78, 5) is 23.6. The first-order chi connectivity index (χ1) is 7.22. The Morgan fingerprint density at radius 1 is 1.38 bits per heavy atom. The van der Waals surface area contributed by atoms with E-state index in [9.17, 15) is 14.7 Å². The van der Waals surface area contributed by atoms with E-state index in [4.69, 9.17) is 9.84 Å². The van der Waals surface area contributed by atoms with Gasteiger partial charge in [0.15, 0.2) is 6.04 Å². The molecule has 2 N–H and O–H groups in total. The molecule has 0 aliphatic carbocycles. The Balaban J connectivity index is 2.73. The first-order valence-corrected chi connectivity index (χ1v) is 5.13. The third-order valence-corrected chi connectivity index (χ3v) is 2.25. The van der Waals surface area contributed by atoms with E-state index in [1.54, 1.807) is 20.8 Å². The number of likely N-dealkylation sites (tertiary alicyclic amines) is 1. The number of carboxylic acid groups (broad SMARTS) is 1. The number of hydrogen-bond acceptors (Lipinski definition) is 4. The van der Waals surface area contributed by atoms with Crippen LogP contribution in [0.15, 0.2) is 0 Å². The quantitative estimate of drug-likeness (QED) is 0.683. The third kappa shape index (κ3) is 2.85. The van der Waals surface area contributed by atoms with Crippen LogP contribution in [0, 0.1) is 0 Å². The van der Waals surface area contributed by atoms with Crippen molar-refractivity contribution in [2.75, 3.05) is 6.54 Å². The summed E-state index contributed by atoms with van der Waals surface area (Å²) in [6.07, 6.45) is -1.46. The molecule has 6 nitrogen and oxygen atoms in total. The maximum absolute atomic E-state index is 11.7. The van der Waals surface area contributed by atoms with Gasteiger partial charge in [0.2, 0.25) is 0 Å². The lowest BCUT2D eigenvalue weighted by Crippen LogP contribution is -2.46. The van der Waals surface area contributed by atoms with Gasteiger partial charge in [0.05, 0.1) is 6.10 Å². The van der Waals surface area contributed by atoms with Crippen molar-refractivity contribution in [2.24, 2.45) is 0 Å². The van der Waals surface area contributed by atoms with E-state index in [1.165, 1.54) is 0 Å². The van der Waals surface area contributed by atoms with Gasteiger partial charge in [-0.3, -0.25) is 4.90 Å². The molecule has 0 aromatic rings. The Morgan fingerprint density at radius 3 is 2.38 bits per heavy atom. The average molecular weight is 231 g/mol. The van der Waals surface area contributed by atoms with Crippen molar-refractivity contribution in [3.05, 3.63) is 0 Å². The zero-order valence-electron chi connectivity index (χ0n) is 9.64. The number of rotatable bonds is 1. The van der Waals surface area contributed by atoms with Crippen LogP contribution < -0.4 is 0 Å². The highest BCUT2D eigenvalue weighted by Crippen LogP contribution is 2.21. The molecule has 0 aromatic carbocycles. The van der Waals surface area contributed by atoms with Gasteiger partial charge >= 0.3 is 12.1 Å². The highest BCUT2D eigenvalue weighted by Gasteiger charge is 2.42. The number of carboxylic acids is 1. The zero-order valence-corrected chi connectivity index (χ0v) is 9.64. The Morgan fingerprint density at radius 2 is 1.94 bits per heavy atom. The minimum absolute atomic E-state index is 0.201. The molecule has 0 unspecified atom stereocenters. The number of nitrogens with zero attached hydrogens (tertiary/aromatic N) is 1. The lowest BCUT2D eigenvalue weighted by atomic mass is 10.2. The summed E-state index contributed by atoms with van der Waals surface area (Å²) in [7, 11) is 0. The van der Waals surface area contributed by atoms with E-state index in [0.717, 1.165) is 4.90 Å². The summed E-state index contributed by atoms with van der Waals surface area (Å²) in [6, 6.07) is -1.20. The van der Waals surface area contributed by atoms with Crippen LogP contribution in [-0.2, 0) is 9.53 Å². The summed E-state index contributed by atoms with van der Waals surface area (Å²) >= 11 is 0. The number of aliphatic carboxylic acids is 1. The number of carbonyl (C=O) groups is 2. The number of aliphatic hydroxyl groups excluding tert-OH is 1. The van der Waals surface area contributed by atoms with Crippen LogP contribution in [0.1, 0.15) is 27.2 Å². The molecule has 1 aliphatic rings. The van der Waals surface area contributed by atoms with Crippen molar-refractivity contribution >= 4 is 12.1 Å². The normalized spacial score (nSPS) is 25.6. The maximum atomic E-state index is 11.7. The highest BCUT2D eigenvalue weighted by molar-refractivity contribution is 5.81. The van der Waals surface area contributed by atoms with Crippen molar-refractivity contribution in [3.63, 3.8) is 0 Å². The number of amides is 1. The van der Waals surface area contributed by atoms with Gasteiger partial charge in [0.25, 0.3) is 0 Å². The monoisotopic (exact) mass is 231 g/mol. The molecule has 1 fully saturated rings. The summed E-state index contributed by atoms with van der Waals surface area (Å²) in [6.45, 7) is 5.31. The lowest BCUT2D eigenvalue weighted by Gasteiger charge is -2.27. The SMILES string of the molecule is CC(C)(C)OC(=O)N1CC[C@H](O)[C@@H]1C(=O)O. The molecule has 0 spiro atoms. The Labute approximate surface area is 93.8 Å². The molecular weight excluding hydrogens is 214 g/mol. The van der Waals surface area contributed by atoms with Crippen molar-refractivity contribution in [1.82, 2.24) is 4.90 Å². The molecular formula is C10H17NO5. The first-order valence-electron chi connectivity index (χ1n) is 5.13. The van der Waals surface area contributed by atoms with E-state index < -0.39 is 29.8 Å². The topological polar surface area (TPSA) is 87.1 Å². The van der Waals surface area contributed by atoms with Crippen molar-refractivity contribution < 1.29 is 24.5 Å². The van der Waals surface area contributed by atoms with Gasteiger partial charge in [0, 0.05) is 6.54 Å². The molecule has 0 bridgehead atoms. The molecule has 1 heterocycles. The minimum atomic E-state index is -1.21. The number of carbonyl (C=O) groups excluding carboxylic acids is 1. The van der Waals surface area contributed by atoms with Crippen LogP contribution in [0.2, 0.25) is 0 Å². The number of aliphatic hydroxyl groups is 1. The average Bonchev–Trinajstić information content (AvgIpc) is 2.43. The second-order valence-corrected chi connectivity index (χ2v) is 4.81. The van der Waals surface area contributed by atoms with Gasteiger partial charge in [-0.15, -0.1) is 0 Å². The molecule has 1 saturated heterocycles. The van der Waals surface area contributed by atoms with Gasteiger partial charge < -0.3 is 14.9 Å². The van der Waals surface area contributed by atoms with Crippen molar-refractivity contribution in [2.45, 2.75) is 44.9 Å². The van der Waals surface area contributed by atoms with Crippen molar-refractivity contribution in [1.29, 1.82) is 0 Å². The van der Waals surface area contributed by atoms with Gasteiger partial charge in [-0.1, -0.05) is 0 Å². The van der Waals surface area contributed by atoms with Crippen LogP contribution in [0.4, 0.5) is 4.79 Å². The number of hydrogen-bond donors (Lipinski definition) is 2. The number of ether oxygens (including phenoxy) is 1. The van der Waals surface area contributed by atoms with Crippen molar-refractivity contribution in [3.8, 4) is 0 Å². The molecule has 16 heavy (non-hydrogen) atoms. The molecule has 0 aromatic heterocycles. The van der Waals surface area contributed by atoms with Crippen LogP contribution in [0.3, 0.4) is 0 Å². The predicted octanol–water partition coefficient (Wildman–Crippen LogP) is 0.441. The third-order valence-electron chi connectivity index (χ3n) is 2.25. The molecule has 6 heteroatoms. The molecule has 1 amide bonds. The second kappa shape index (κ2) is 4.29. The van der Waals surface area contributed by atoms with E-state index in [1.807, 2.05) is 0 Å². The van der Waals surface area contributed by atoms with Gasteiger partial charge in [-0.25, -0.2) is 9.59 Å². The smallest absolute Gasteiger partial charge is 0.411 e. The standard InChI is InChI=1S/C10H17NO5/c1-10(2,3)16-9(15)11-5-4-6(12)7(11)8(13)14/h6-7,12H,4-5H2,1-3H3,(H,13,14)/t6-,7+/m0/s1.